The van der Waals surface area contributed by atoms with E-state index in [-0.39, 0.29) is 11.9 Å². The number of benzene rings is 1. The molecule has 3 saturated heterocycles. The van der Waals surface area contributed by atoms with Crippen LogP contribution in [0.25, 0.3) is 0 Å². The molecule has 1 aromatic rings. The minimum Gasteiger partial charge on any atom is -0.486 e. The summed E-state index contributed by atoms with van der Waals surface area (Å²) >= 11 is 0. The van der Waals surface area contributed by atoms with Crippen molar-refractivity contribution in [3.8, 4) is 11.5 Å². The fraction of sp³-hybridized carbons (Fsp3) is 0.562. The van der Waals surface area contributed by atoms with Crippen molar-refractivity contribution in [2.45, 2.75) is 18.9 Å². The van der Waals surface area contributed by atoms with Gasteiger partial charge in [0.25, 0.3) is 5.91 Å². The fourth-order valence-corrected chi connectivity index (χ4v) is 3.56. The Morgan fingerprint density at radius 1 is 1.14 bits per heavy atom. The van der Waals surface area contributed by atoms with Crippen LogP contribution in [0, 0.1) is 5.92 Å². The van der Waals surface area contributed by atoms with E-state index in [0.29, 0.717) is 30.4 Å². The van der Waals surface area contributed by atoms with Gasteiger partial charge in [-0.2, -0.15) is 0 Å². The van der Waals surface area contributed by atoms with E-state index in [1.807, 2.05) is 12.1 Å². The lowest BCUT2D eigenvalue weighted by Gasteiger charge is -2.44. The first-order valence-electron chi connectivity index (χ1n) is 7.72. The first kappa shape index (κ1) is 13.0. The molecule has 0 spiro atoms. The first-order chi connectivity index (χ1) is 10.3. The third kappa shape index (κ3) is 2.46. The molecule has 1 atom stereocenters. The molecule has 2 bridgehead atoms. The zero-order valence-corrected chi connectivity index (χ0v) is 12.0. The molecule has 4 aliphatic rings. The smallest absolute Gasteiger partial charge is 0.251 e. The molecular formula is C16H20N2O3. The fourth-order valence-electron chi connectivity index (χ4n) is 3.56. The second kappa shape index (κ2) is 5.22. The van der Waals surface area contributed by atoms with E-state index >= 15 is 0 Å². The van der Waals surface area contributed by atoms with Crippen LogP contribution < -0.4 is 14.8 Å². The highest BCUT2D eigenvalue weighted by Crippen LogP contribution is 2.31. The van der Waals surface area contributed by atoms with Crippen molar-refractivity contribution < 1.29 is 14.3 Å². The van der Waals surface area contributed by atoms with Crippen LogP contribution in [0.1, 0.15) is 23.2 Å². The van der Waals surface area contributed by atoms with Gasteiger partial charge in [-0.25, -0.2) is 0 Å². The van der Waals surface area contributed by atoms with Crippen LogP contribution in [0.3, 0.4) is 0 Å². The highest BCUT2D eigenvalue weighted by Gasteiger charge is 2.35. The third-order valence-corrected chi connectivity index (χ3v) is 4.78. The van der Waals surface area contributed by atoms with Gasteiger partial charge in [-0.3, -0.25) is 4.79 Å². The van der Waals surface area contributed by atoms with Gasteiger partial charge in [-0.1, -0.05) is 0 Å². The van der Waals surface area contributed by atoms with Gasteiger partial charge in [-0.05, 0) is 50.0 Å². The predicted molar refractivity (Wildman–Crippen MR) is 77.9 cm³/mol. The Labute approximate surface area is 124 Å². The lowest BCUT2D eigenvalue weighted by molar-refractivity contribution is 0.0620. The predicted octanol–water partition coefficient (Wildman–Crippen LogP) is 1.28. The molecule has 4 heterocycles. The van der Waals surface area contributed by atoms with Gasteiger partial charge < -0.3 is 19.7 Å². The van der Waals surface area contributed by atoms with E-state index in [9.17, 15) is 4.79 Å². The Bertz CT molecular complexity index is 552. The van der Waals surface area contributed by atoms with Gasteiger partial charge in [0.2, 0.25) is 0 Å². The molecule has 112 valence electrons. The molecule has 3 fully saturated rings. The van der Waals surface area contributed by atoms with Crippen molar-refractivity contribution in [3.63, 3.8) is 0 Å². The van der Waals surface area contributed by atoms with Crippen molar-refractivity contribution in [1.29, 1.82) is 0 Å². The number of nitrogens with zero attached hydrogens (tertiary/aromatic N) is 1. The van der Waals surface area contributed by atoms with E-state index in [1.54, 1.807) is 6.07 Å². The summed E-state index contributed by atoms with van der Waals surface area (Å²) in [6.07, 6.45) is 2.40. The number of nitrogens with one attached hydrogen (secondary N) is 1. The second-order valence-electron chi connectivity index (χ2n) is 6.08. The minimum absolute atomic E-state index is 0.00859. The van der Waals surface area contributed by atoms with Crippen molar-refractivity contribution in [3.05, 3.63) is 23.8 Å². The van der Waals surface area contributed by atoms with Crippen LogP contribution in [0.15, 0.2) is 18.2 Å². The highest BCUT2D eigenvalue weighted by molar-refractivity contribution is 5.95. The molecular weight excluding hydrogens is 268 g/mol. The third-order valence-electron chi connectivity index (χ3n) is 4.78. The molecule has 0 aromatic heterocycles. The lowest BCUT2D eigenvalue weighted by Crippen LogP contribution is -2.57. The average Bonchev–Trinajstić information content (AvgIpc) is 2.55. The van der Waals surface area contributed by atoms with Crippen molar-refractivity contribution in [2.24, 2.45) is 5.92 Å². The Morgan fingerprint density at radius 3 is 2.62 bits per heavy atom. The molecule has 0 unspecified atom stereocenters. The molecule has 1 N–H and O–H groups in total. The summed E-state index contributed by atoms with van der Waals surface area (Å²) in [5.74, 6) is 2.02. The Balaban J connectivity index is 1.47. The second-order valence-corrected chi connectivity index (χ2v) is 6.08. The quantitative estimate of drug-likeness (QED) is 0.891. The minimum atomic E-state index is -0.00859. The average molecular weight is 288 g/mol. The standard InChI is InChI=1S/C16H20N2O3/c19-16(17-13-10-18-5-3-11(13)4-6-18)12-1-2-14-15(9-12)21-8-7-20-14/h1-2,9,11,13H,3-8,10H2,(H,17,19)/t13-/m0/s1. The highest BCUT2D eigenvalue weighted by atomic mass is 16.6. The SMILES string of the molecule is O=C(N[C@H]1CN2CCC1CC2)c1ccc2c(c1)OCCO2. The normalized spacial score (nSPS) is 30.0. The molecule has 1 aromatic carbocycles. The molecule has 0 saturated carbocycles. The molecule has 5 heteroatoms. The van der Waals surface area contributed by atoms with Crippen LogP contribution in [-0.2, 0) is 0 Å². The Kier molecular flexibility index (Phi) is 3.22. The number of amides is 1. The number of hydrogen-bond acceptors (Lipinski definition) is 4. The van der Waals surface area contributed by atoms with Gasteiger partial charge in [0.15, 0.2) is 11.5 Å². The summed E-state index contributed by atoms with van der Waals surface area (Å²) in [7, 11) is 0. The number of fused-ring (bicyclic) bond motifs is 4. The Morgan fingerprint density at radius 2 is 1.90 bits per heavy atom. The largest absolute Gasteiger partial charge is 0.486 e. The number of carbonyl (C=O) groups excluding carboxylic acids is 1. The number of ether oxygens (including phenoxy) is 2. The summed E-state index contributed by atoms with van der Waals surface area (Å²) in [5, 5.41) is 3.20. The summed E-state index contributed by atoms with van der Waals surface area (Å²) in [4.78, 5) is 14.9. The molecule has 5 nitrogen and oxygen atoms in total. The topological polar surface area (TPSA) is 50.8 Å². The van der Waals surface area contributed by atoms with E-state index in [1.165, 1.54) is 25.9 Å². The number of carbonyl (C=O) groups is 1. The zero-order chi connectivity index (χ0) is 14.2. The molecule has 0 aliphatic carbocycles. The van der Waals surface area contributed by atoms with Crippen LogP contribution in [0.5, 0.6) is 11.5 Å². The molecule has 5 rings (SSSR count). The molecule has 0 radical (unpaired) electrons. The van der Waals surface area contributed by atoms with Crippen LogP contribution >= 0.6 is 0 Å². The number of piperidine rings is 3. The van der Waals surface area contributed by atoms with E-state index < -0.39 is 0 Å². The molecule has 21 heavy (non-hydrogen) atoms. The summed E-state index contributed by atoms with van der Waals surface area (Å²) in [5.41, 5.74) is 0.649. The van der Waals surface area contributed by atoms with Gasteiger partial charge in [0.05, 0.1) is 0 Å². The van der Waals surface area contributed by atoms with Gasteiger partial charge >= 0.3 is 0 Å². The monoisotopic (exact) mass is 288 g/mol. The van der Waals surface area contributed by atoms with Gasteiger partial charge in [0.1, 0.15) is 13.2 Å². The maximum atomic E-state index is 12.4. The molecule has 4 aliphatic heterocycles. The Hall–Kier alpha value is -1.75. The first-order valence-corrected chi connectivity index (χ1v) is 7.72. The van der Waals surface area contributed by atoms with Crippen LogP contribution in [-0.4, -0.2) is 49.7 Å². The maximum Gasteiger partial charge on any atom is 0.251 e. The van der Waals surface area contributed by atoms with Crippen molar-refractivity contribution in [2.75, 3.05) is 32.8 Å². The summed E-state index contributed by atoms with van der Waals surface area (Å²) < 4.78 is 11.0. The summed E-state index contributed by atoms with van der Waals surface area (Å²) in [6.45, 7) is 4.46. The van der Waals surface area contributed by atoms with Gasteiger partial charge in [0, 0.05) is 18.2 Å². The van der Waals surface area contributed by atoms with Crippen molar-refractivity contribution in [1.82, 2.24) is 10.2 Å². The lowest BCUT2D eigenvalue weighted by atomic mass is 9.84. The van der Waals surface area contributed by atoms with Crippen LogP contribution in [0.4, 0.5) is 0 Å². The zero-order valence-electron chi connectivity index (χ0n) is 12.0. The van der Waals surface area contributed by atoms with Crippen LogP contribution in [0.2, 0.25) is 0 Å². The van der Waals surface area contributed by atoms with E-state index in [2.05, 4.69) is 10.2 Å². The van der Waals surface area contributed by atoms with E-state index in [0.717, 1.165) is 12.3 Å². The maximum absolute atomic E-state index is 12.4. The summed E-state index contributed by atoms with van der Waals surface area (Å²) in [6, 6.07) is 5.70. The molecule has 1 amide bonds. The number of hydrogen-bond donors (Lipinski definition) is 1. The number of rotatable bonds is 2. The van der Waals surface area contributed by atoms with Crippen molar-refractivity contribution >= 4 is 5.91 Å². The van der Waals surface area contributed by atoms with Gasteiger partial charge in [-0.15, -0.1) is 0 Å². The van der Waals surface area contributed by atoms with E-state index in [4.69, 9.17) is 9.47 Å².